The van der Waals surface area contributed by atoms with E-state index in [2.05, 4.69) is 29.6 Å². The predicted molar refractivity (Wildman–Crippen MR) is 133 cm³/mol. The zero-order chi connectivity index (χ0) is 26.6. The molecule has 6 nitrogen and oxygen atoms in total. The summed E-state index contributed by atoms with van der Waals surface area (Å²) in [5.41, 5.74) is -0.704. The third-order valence-corrected chi connectivity index (χ3v) is 4.26. The highest BCUT2D eigenvalue weighted by molar-refractivity contribution is 5.98. The molecule has 0 bridgehead atoms. The van der Waals surface area contributed by atoms with Gasteiger partial charge in [-0.05, 0) is 60.6 Å². The van der Waals surface area contributed by atoms with Crippen molar-refractivity contribution in [3.8, 4) is 47.5 Å². The molecule has 2 N–H and O–H groups in total. The van der Waals surface area contributed by atoms with Crippen LogP contribution in [0.3, 0.4) is 0 Å². The summed E-state index contributed by atoms with van der Waals surface area (Å²) in [7, 11) is 0. The minimum absolute atomic E-state index is 0.0767. The Kier molecular flexibility index (Phi) is 7.91. The Labute approximate surface area is 206 Å². The summed E-state index contributed by atoms with van der Waals surface area (Å²) in [6.07, 6.45) is 5.30. The van der Waals surface area contributed by atoms with Crippen molar-refractivity contribution in [1.29, 1.82) is 0 Å². The van der Waals surface area contributed by atoms with Gasteiger partial charge in [0.15, 0.2) is 0 Å². The maximum atomic E-state index is 13.0. The molecule has 0 spiro atoms. The van der Waals surface area contributed by atoms with Crippen LogP contribution in [0.5, 0.6) is 11.5 Å². The number of terminal acetylenes is 1. The summed E-state index contributed by atoms with van der Waals surface area (Å²) in [5, 5.41) is 20.3. The summed E-state index contributed by atoms with van der Waals surface area (Å²) in [6, 6.07) is 5.27. The van der Waals surface area contributed by atoms with Crippen LogP contribution in [0.15, 0.2) is 24.3 Å². The van der Waals surface area contributed by atoms with Crippen molar-refractivity contribution < 1.29 is 29.3 Å². The molecule has 0 aliphatic rings. The van der Waals surface area contributed by atoms with E-state index in [1.165, 1.54) is 24.3 Å². The molecule has 0 heterocycles. The zero-order valence-corrected chi connectivity index (χ0v) is 20.9. The lowest BCUT2D eigenvalue weighted by Gasteiger charge is -2.22. The lowest BCUT2D eigenvalue weighted by Crippen LogP contribution is -2.26. The molecule has 2 aromatic rings. The second-order valence-electron chi connectivity index (χ2n) is 9.60. The van der Waals surface area contributed by atoms with E-state index >= 15 is 0 Å². The van der Waals surface area contributed by atoms with E-state index in [0.717, 1.165) is 0 Å². The highest BCUT2D eigenvalue weighted by Gasteiger charge is 2.25. The van der Waals surface area contributed by atoms with E-state index in [-0.39, 0.29) is 44.9 Å². The molecule has 6 heteroatoms. The van der Waals surface area contributed by atoms with Gasteiger partial charge in [-0.2, -0.15) is 0 Å². The molecular formula is C29H28O6. The Bertz CT molecular complexity index is 1340. The van der Waals surface area contributed by atoms with Crippen LogP contribution in [0.25, 0.3) is 0 Å². The number of aromatic hydroxyl groups is 2. The number of esters is 2. The third-order valence-electron chi connectivity index (χ3n) is 4.26. The molecule has 35 heavy (non-hydrogen) atoms. The van der Waals surface area contributed by atoms with Gasteiger partial charge >= 0.3 is 11.9 Å². The molecule has 0 atom stereocenters. The molecule has 0 aliphatic heterocycles. The molecule has 0 aliphatic carbocycles. The van der Waals surface area contributed by atoms with Crippen molar-refractivity contribution in [1.82, 2.24) is 0 Å². The van der Waals surface area contributed by atoms with Gasteiger partial charge in [0.05, 0.1) is 22.3 Å². The van der Waals surface area contributed by atoms with Gasteiger partial charge in [0, 0.05) is 23.3 Å². The highest BCUT2D eigenvalue weighted by Crippen LogP contribution is 2.27. The van der Waals surface area contributed by atoms with E-state index in [1.807, 2.05) is 0 Å². The normalized spacial score (nSPS) is 10.7. The summed E-state index contributed by atoms with van der Waals surface area (Å²) >= 11 is 0. The lowest BCUT2D eigenvalue weighted by atomic mass is 9.97. The van der Waals surface area contributed by atoms with E-state index in [4.69, 9.17) is 15.9 Å². The number of carbonyl (C=O) groups is 2. The average Bonchev–Trinajstić information content (AvgIpc) is 2.71. The van der Waals surface area contributed by atoms with E-state index in [9.17, 15) is 19.8 Å². The van der Waals surface area contributed by atoms with Crippen LogP contribution in [-0.4, -0.2) is 33.4 Å². The van der Waals surface area contributed by atoms with Crippen molar-refractivity contribution in [3.63, 3.8) is 0 Å². The predicted octanol–water partition coefficient (Wildman–Crippen LogP) is 4.76. The number of phenolic OH excluding ortho intramolecular Hbond substituents is 2. The minimum Gasteiger partial charge on any atom is -0.507 e. The Morgan fingerprint density at radius 1 is 0.714 bits per heavy atom. The van der Waals surface area contributed by atoms with Crippen LogP contribution in [0.2, 0.25) is 0 Å². The maximum absolute atomic E-state index is 13.0. The molecule has 0 radical (unpaired) electrons. The molecule has 0 aromatic heterocycles. The fourth-order valence-corrected chi connectivity index (χ4v) is 2.87. The highest BCUT2D eigenvalue weighted by atomic mass is 16.6. The Balaban J connectivity index is 2.77. The van der Waals surface area contributed by atoms with Crippen LogP contribution < -0.4 is 0 Å². The van der Waals surface area contributed by atoms with E-state index < -0.39 is 23.1 Å². The van der Waals surface area contributed by atoms with Gasteiger partial charge in [0.25, 0.3) is 0 Å². The maximum Gasteiger partial charge on any atom is 0.339 e. The SMILES string of the molecule is C#Cc1cc(O)c(C#Cc2cc(C(=O)OC(C)(C)C)c(C#CC)cc2C(=O)OC(C)(C)C)cc1O. The summed E-state index contributed by atoms with van der Waals surface area (Å²) in [6.45, 7) is 12.0. The van der Waals surface area contributed by atoms with Crippen molar-refractivity contribution in [2.45, 2.75) is 59.7 Å². The summed E-state index contributed by atoms with van der Waals surface area (Å²) in [4.78, 5) is 25.9. The Morgan fingerprint density at radius 2 is 1.11 bits per heavy atom. The number of benzene rings is 2. The van der Waals surface area contributed by atoms with Gasteiger partial charge in [-0.25, -0.2) is 9.59 Å². The quantitative estimate of drug-likeness (QED) is 0.372. The standard InChI is InChI=1S/C29H28O6/c1-9-11-19-14-23(27(33)35-29(6,7)8)20(15-22(19)26(32)34-28(3,4)5)12-13-21-17-24(30)18(10-2)16-25(21)31/h2,14-17,30-31H,1,3-8H3. The van der Waals surface area contributed by atoms with Crippen LogP contribution in [0, 0.1) is 36.0 Å². The minimum atomic E-state index is -0.780. The first kappa shape index (κ1) is 26.9. The zero-order valence-electron chi connectivity index (χ0n) is 20.9. The van der Waals surface area contributed by atoms with Gasteiger partial charge in [0.2, 0.25) is 0 Å². The molecule has 0 saturated carbocycles. The monoisotopic (exact) mass is 472 g/mol. The molecule has 180 valence electrons. The first-order valence-corrected chi connectivity index (χ1v) is 10.8. The fraction of sp³-hybridized carbons (Fsp3) is 0.310. The Hall–Kier alpha value is -4.34. The summed E-state index contributed by atoms with van der Waals surface area (Å²) in [5.74, 6) is 11.6. The van der Waals surface area contributed by atoms with Crippen LogP contribution >= 0.6 is 0 Å². The molecule has 0 amide bonds. The van der Waals surface area contributed by atoms with Crippen molar-refractivity contribution in [2.24, 2.45) is 0 Å². The van der Waals surface area contributed by atoms with Crippen LogP contribution in [0.4, 0.5) is 0 Å². The molecule has 2 rings (SSSR count). The smallest absolute Gasteiger partial charge is 0.339 e. The molecule has 0 fully saturated rings. The third kappa shape index (κ3) is 7.32. The van der Waals surface area contributed by atoms with Crippen molar-refractivity contribution in [2.75, 3.05) is 0 Å². The van der Waals surface area contributed by atoms with Gasteiger partial charge in [0.1, 0.15) is 22.7 Å². The largest absolute Gasteiger partial charge is 0.507 e. The van der Waals surface area contributed by atoms with E-state index in [1.54, 1.807) is 48.5 Å². The number of carbonyl (C=O) groups excluding carboxylic acids is 2. The fourth-order valence-electron chi connectivity index (χ4n) is 2.87. The van der Waals surface area contributed by atoms with Crippen molar-refractivity contribution >= 4 is 11.9 Å². The molecule has 2 aromatic carbocycles. The number of phenols is 2. The lowest BCUT2D eigenvalue weighted by molar-refractivity contribution is 0.00512. The van der Waals surface area contributed by atoms with Crippen LogP contribution in [0.1, 0.15) is 91.4 Å². The van der Waals surface area contributed by atoms with Crippen molar-refractivity contribution in [3.05, 3.63) is 57.6 Å². The summed E-state index contributed by atoms with van der Waals surface area (Å²) < 4.78 is 11.0. The molecule has 0 unspecified atom stereocenters. The average molecular weight is 473 g/mol. The number of hydrogen-bond acceptors (Lipinski definition) is 6. The topological polar surface area (TPSA) is 93.1 Å². The number of rotatable bonds is 2. The first-order chi connectivity index (χ1) is 16.1. The van der Waals surface area contributed by atoms with Gasteiger partial charge in [-0.3, -0.25) is 0 Å². The second kappa shape index (κ2) is 10.3. The van der Waals surface area contributed by atoms with Gasteiger partial charge in [-0.1, -0.05) is 23.7 Å². The van der Waals surface area contributed by atoms with E-state index in [0.29, 0.717) is 0 Å². The number of ether oxygens (including phenoxy) is 2. The Morgan fingerprint density at radius 3 is 1.54 bits per heavy atom. The van der Waals surface area contributed by atoms with Gasteiger partial charge < -0.3 is 19.7 Å². The van der Waals surface area contributed by atoms with Gasteiger partial charge in [-0.15, -0.1) is 12.3 Å². The molecular weight excluding hydrogens is 444 g/mol. The second-order valence-corrected chi connectivity index (χ2v) is 9.60. The van der Waals surface area contributed by atoms with Crippen LogP contribution in [-0.2, 0) is 9.47 Å². The number of hydrogen-bond donors (Lipinski definition) is 2. The first-order valence-electron chi connectivity index (χ1n) is 10.8. The molecule has 0 saturated heterocycles.